The Morgan fingerprint density at radius 3 is 2.85 bits per heavy atom. The Bertz CT molecular complexity index is 625. The number of hydrogen-bond donors (Lipinski definition) is 0. The van der Waals surface area contributed by atoms with Gasteiger partial charge in [0.1, 0.15) is 10.6 Å². The molecule has 3 heterocycles. The predicted octanol–water partition coefficient (Wildman–Crippen LogP) is 4.67. The zero-order valence-electron chi connectivity index (χ0n) is 12.2. The number of halogens is 1. The average molecular weight is 310 g/mol. The summed E-state index contributed by atoms with van der Waals surface area (Å²) in [6.45, 7) is 6.71. The second kappa shape index (κ2) is 5.49. The number of rotatable bonds is 3. The molecule has 0 N–H and O–H groups in total. The summed E-state index contributed by atoms with van der Waals surface area (Å²) in [5, 5.41) is 1.54. The maximum Gasteiger partial charge on any atom is 0.225 e. The maximum absolute atomic E-state index is 6.15. The summed E-state index contributed by atoms with van der Waals surface area (Å²) in [5.41, 5.74) is 0. The summed E-state index contributed by atoms with van der Waals surface area (Å²) < 4.78 is 0. The predicted molar refractivity (Wildman–Crippen MR) is 87.1 cm³/mol. The van der Waals surface area contributed by atoms with E-state index in [-0.39, 0.29) is 0 Å². The first-order valence-electron chi connectivity index (χ1n) is 7.38. The van der Waals surface area contributed by atoms with E-state index in [1.54, 1.807) is 11.3 Å². The summed E-state index contributed by atoms with van der Waals surface area (Å²) in [4.78, 5) is 13.8. The second-order valence-electron chi connectivity index (χ2n) is 5.50. The van der Waals surface area contributed by atoms with Crippen LogP contribution in [0.4, 0.5) is 5.82 Å². The monoisotopic (exact) mass is 309 g/mol. The molecule has 0 spiro atoms. The number of nitrogens with zero attached hydrogens (tertiary/aromatic N) is 3. The van der Waals surface area contributed by atoms with Gasteiger partial charge in [-0.15, -0.1) is 11.3 Å². The molecule has 2 unspecified atom stereocenters. The highest BCUT2D eigenvalue weighted by Gasteiger charge is 2.32. The number of anilines is 1. The summed E-state index contributed by atoms with van der Waals surface area (Å²) in [6, 6.07) is 3.34. The van der Waals surface area contributed by atoms with Gasteiger partial charge in [-0.05, 0) is 50.3 Å². The first kappa shape index (κ1) is 14.1. The highest BCUT2D eigenvalue weighted by atomic mass is 35.5. The molecule has 0 amide bonds. The van der Waals surface area contributed by atoms with Crippen LogP contribution >= 0.6 is 22.9 Å². The Kier molecular flexibility index (Phi) is 3.87. The Morgan fingerprint density at radius 1 is 1.35 bits per heavy atom. The molecule has 2 atom stereocenters. The fourth-order valence-electron chi connectivity index (χ4n) is 3.16. The van der Waals surface area contributed by atoms with Gasteiger partial charge in [0.15, 0.2) is 0 Å². The zero-order chi connectivity index (χ0) is 14.3. The van der Waals surface area contributed by atoms with E-state index in [1.807, 2.05) is 0 Å². The van der Waals surface area contributed by atoms with Gasteiger partial charge in [0.05, 0.1) is 5.39 Å². The summed E-state index contributed by atoms with van der Waals surface area (Å²) in [5.74, 6) is 1.04. The maximum atomic E-state index is 6.15. The van der Waals surface area contributed by atoms with E-state index in [0.717, 1.165) is 23.5 Å². The van der Waals surface area contributed by atoms with E-state index in [4.69, 9.17) is 11.6 Å². The van der Waals surface area contributed by atoms with Crippen molar-refractivity contribution in [1.29, 1.82) is 0 Å². The van der Waals surface area contributed by atoms with Gasteiger partial charge in [0, 0.05) is 17.0 Å². The van der Waals surface area contributed by atoms with Crippen LogP contribution in [0.15, 0.2) is 6.07 Å². The van der Waals surface area contributed by atoms with Crippen LogP contribution in [0.1, 0.15) is 44.9 Å². The fourth-order valence-corrected chi connectivity index (χ4v) is 4.33. The molecule has 1 aliphatic rings. The molecule has 1 saturated heterocycles. The van der Waals surface area contributed by atoms with E-state index < -0.39 is 0 Å². The minimum absolute atomic E-state index is 0.367. The van der Waals surface area contributed by atoms with Crippen molar-refractivity contribution in [2.75, 3.05) is 4.90 Å². The smallest absolute Gasteiger partial charge is 0.225 e. The highest BCUT2D eigenvalue weighted by molar-refractivity contribution is 7.18. The molecule has 3 nitrogen and oxygen atoms in total. The van der Waals surface area contributed by atoms with Crippen LogP contribution in [0, 0.1) is 0 Å². The third-order valence-electron chi connectivity index (χ3n) is 4.25. The van der Waals surface area contributed by atoms with Gasteiger partial charge < -0.3 is 4.90 Å². The lowest BCUT2D eigenvalue weighted by molar-refractivity contribution is 0.623. The van der Waals surface area contributed by atoms with Gasteiger partial charge in [-0.25, -0.2) is 4.98 Å². The lowest BCUT2D eigenvalue weighted by Gasteiger charge is -2.29. The van der Waals surface area contributed by atoms with Gasteiger partial charge in [-0.3, -0.25) is 0 Å². The van der Waals surface area contributed by atoms with Gasteiger partial charge in [0.25, 0.3) is 0 Å². The summed E-state index contributed by atoms with van der Waals surface area (Å²) in [6.07, 6.45) is 4.65. The van der Waals surface area contributed by atoms with Crippen LogP contribution < -0.4 is 4.90 Å². The van der Waals surface area contributed by atoms with Crippen molar-refractivity contribution in [2.45, 2.75) is 58.5 Å². The molecule has 1 fully saturated rings. The Hall–Kier alpha value is -0.870. The van der Waals surface area contributed by atoms with E-state index in [1.165, 1.54) is 23.1 Å². The molecule has 108 valence electrons. The molecule has 0 aromatic carbocycles. The topological polar surface area (TPSA) is 29.0 Å². The number of aromatic nitrogens is 2. The van der Waals surface area contributed by atoms with Crippen molar-refractivity contribution in [1.82, 2.24) is 9.97 Å². The van der Waals surface area contributed by atoms with Gasteiger partial charge in [-0.2, -0.15) is 4.98 Å². The van der Waals surface area contributed by atoms with Crippen LogP contribution in [0.3, 0.4) is 0 Å². The van der Waals surface area contributed by atoms with Crippen LogP contribution in [-0.4, -0.2) is 22.1 Å². The molecule has 20 heavy (non-hydrogen) atoms. The normalized spacial score (nSPS) is 22.9. The Balaban J connectivity index is 2.16. The average Bonchev–Trinajstić information content (AvgIpc) is 3.00. The molecule has 0 saturated carbocycles. The summed E-state index contributed by atoms with van der Waals surface area (Å²) in [7, 11) is 0. The van der Waals surface area contributed by atoms with Crippen molar-refractivity contribution < 1.29 is 0 Å². The molecular formula is C15H20ClN3S. The largest absolute Gasteiger partial charge is 0.350 e. The molecule has 0 bridgehead atoms. The molecular weight excluding hydrogens is 290 g/mol. The quantitative estimate of drug-likeness (QED) is 0.771. The minimum Gasteiger partial charge on any atom is -0.350 e. The van der Waals surface area contributed by atoms with Crippen molar-refractivity contribution in [3.05, 3.63) is 16.2 Å². The van der Waals surface area contributed by atoms with E-state index in [9.17, 15) is 0 Å². The van der Waals surface area contributed by atoms with Crippen molar-refractivity contribution in [3.63, 3.8) is 0 Å². The molecule has 3 rings (SSSR count). The van der Waals surface area contributed by atoms with Crippen LogP contribution in [0.25, 0.3) is 10.2 Å². The lowest BCUT2D eigenvalue weighted by atomic mass is 10.1. The zero-order valence-corrected chi connectivity index (χ0v) is 13.8. The SMILES string of the molecule is CCc1cc2c(N3C(C)CCC3CC)nc(Cl)nc2s1. The van der Waals surface area contributed by atoms with Crippen molar-refractivity contribution >= 4 is 39.0 Å². The molecule has 5 heteroatoms. The van der Waals surface area contributed by atoms with Crippen LogP contribution in [0.5, 0.6) is 0 Å². The second-order valence-corrected chi connectivity index (χ2v) is 6.95. The van der Waals surface area contributed by atoms with Gasteiger partial charge in [0.2, 0.25) is 5.28 Å². The number of fused-ring (bicyclic) bond motifs is 1. The van der Waals surface area contributed by atoms with Crippen LogP contribution in [0.2, 0.25) is 5.28 Å². The van der Waals surface area contributed by atoms with E-state index in [0.29, 0.717) is 17.4 Å². The first-order chi connectivity index (χ1) is 9.63. The molecule has 2 aromatic heterocycles. The summed E-state index contributed by atoms with van der Waals surface area (Å²) >= 11 is 7.88. The first-order valence-corrected chi connectivity index (χ1v) is 8.57. The fraction of sp³-hybridized carbons (Fsp3) is 0.600. The molecule has 1 aliphatic heterocycles. The Morgan fingerprint density at radius 2 is 2.15 bits per heavy atom. The molecule has 0 aliphatic carbocycles. The number of hydrogen-bond acceptors (Lipinski definition) is 4. The van der Waals surface area contributed by atoms with Crippen molar-refractivity contribution in [3.8, 4) is 0 Å². The minimum atomic E-state index is 0.367. The lowest BCUT2D eigenvalue weighted by Crippen LogP contribution is -2.35. The van der Waals surface area contributed by atoms with Gasteiger partial charge in [-0.1, -0.05) is 13.8 Å². The third kappa shape index (κ3) is 2.29. The molecule has 0 radical (unpaired) electrons. The van der Waals surface area contributed by atoms with Gasteiger partial charge >= 0.3 is 0 Å². The number of thiophene rings is 1. The highest BCUT2D eigenvalue weighted by Crippen LogP contribution is 2.38. The van der Waals surface area contributed by atoms with E-state index in [2.05, 4.69) is 41.7 Å². The third-order valence-corrected chi connectivity index (χ3v) is 5.59. The van der Waals surface area contributed by atoms with Crippen LogP contribution in [-0.2, 0) is 6.42 Å². The van der Waals surface area contributed by atoms with Crippen molar-refractivity contribution in [2.24, 2.45) is 0 Å². The molecule has 2 aromatic rings. The number of aryl methyl sites for hydroxylation is 1. The standard InChI is InChI=1S/C15H20ClN3S/c1-4-10-7-6-9(3)19(10)13-12-8-11(5-2)20-14(12)18-15(16)17-13/h8-10H,4-7H2,1-3H3. The van der Waals surface area contributed by atoms with E-state index >= 15 is 0 Å². The Labute approximate surface area is 129 Å².